The van der Waals surface area contributed by atoms with Crippen LogP contribution in [0.4, 0.5) is 0 Å². The van der Waals surface area contributed by atoms with Crippen molar-refractivity contribution in [3.8, 4) is 0 Å². The zero-order valence-corrected chi connectivity index (χ0v) is 14.3. The van der Waals surface area contributed by atoms with E-state index in [0.29, 0.717) is 17.2 Å². The van der Waals surface area contributed by atoms with E-state index >= 15 is 0 Å². The maximum Gasteiger partial charge on any atom is 0.257 e. The van der Waals surface area contributed by atoms with Crippen molar-refractivity contribution in [3.63, 3.8) is 0 Å². The fourth-order valence-electron chi connectivity index (χ4n) is 3.09. The van der Waals surface area contributed by atoms with Crippen molar-refractivity contribution in [1.82, 2.24) is 14.9 Å². The molecule has 0 radical (unpaired) electrons. The van der Waals surface area contributed by atoms with Crippen LogP contribution in [0.15, 0.2) is 22.9 Å². The molecule has 0 aromatic carbocycles. The summed E-state index contributed by atoms with van der Waals surface area (Å²) in [6.45, 7) is 9.68. The molecule has 23 heavy (non-hydrogen) atoms. The van der Waals surface area contributed by atoms with Crippen molar-refractivity contribution in [2.45, 2.75) is 51.9 Å². The predicted octanol–water partition coefficient (Wildman–Crippen LogP) is 3.63. The number of imidazole rings is 1. The number of likely N-dealkylation sites (tertiary alicyclic amines) is 1. The van der Waals surface area contributed by atoms with Gasteiger partial charge in [0, 0.05) is 36.8 Å². The normalized spacial score (nSPS) is 16.8. The van der Waals surface area contributed by atoms with E-state index in [2.05, 4.69) is 30.7 Å². The number of hydrogen-bond donors (Lipinski definition) is 1. The van der Waals surface area contributed by atoms with E-state index in [1.54, 1.807) is 6.20 Å². The summed E-state index contributed by atoms with van der Waals surface area (Å²) in [5, 5.41) is 0. The molecule has 1 N–H and O–H groups in total. The highest BCUT2D eigenvalue weighted by molar-refractivity contribution is 5.95. The van der Waals surface area contributed by atoms with Crippen LogP contribution < -0.4 is 0 Å². The van der Waals surface area contributed by atoms with Gasteiger partial charge in [-0.3, -0.25) is 4.79 Å². The lowest BCUT2D eigenvalue weighted by Gasteiger charge is -2.31. The van der Waals surface area contributed by atoms with Crippen LogP contribution >= 0.6 is 0 Å². The number of furan rings is 1. The smallest absolute Gasteiger partial charge is 0.257 e. The van der Waals surface area contributed by atoms with Gasteiger partial charge in [-0.1, -0.05) is 20.8 Å². The van der Waals surface area contributed by atoms with Gasteiger partial charge in [-0.05, 0) is 25.8 Å². The summed E-state index contributed by atoms with van der Waals surface area (Å²) in [4.78, 5) is 22.3. The molecular weight excluding hydrogens is 290 g/mol. The van der Waals surface area contributed by atoms with Crippen molar-refractivity contribution in [2.24, 2.45) is 0 Å². The number of piperidine rings is 1. The van der Waals surface area contributed by atoms with Crippen LogP contribution in [-0.4, -0.2) is 33.9 Å². The first-order valence-corrected chi connectivity index (χ1v) is 8.25. The number of carbonyl (C=O) groups excluding carboxylic acids is 1. The summed E-state index contributed by atoms with van der Waals surface area (Å²) in [6, 6.07) is 1.91. The van der Waals surface area contributed by atoms with E-state index in [1.165, 1.54) is 0 Å². The molecular formula is C18H25N3O2. The average molecular weight is 315 g/mol. The molecule has 124 valence electrons. The van der Waals surface area contributed by atoms with Crippen LogP contribution in [0.3, 0.4) is 0 Å². The highest BCUT2D eigenvalue weighted by Crippen LogP contribution is 2.30. The number of carbonyl (C=O) groups is 1. The van der Waals surface area contributed by atoms with Gasteiger partial charge < -0.3 is 14.3 Å². The molecule has 1 aliphatic rings. The minimum absolute atomic E-state index is 0.0830. The van der Waals surface area contributed by atoms with Gasteiger partial charge in [0.25, 0.3) is 5.91 Å². The quantitative estimate of drug-likeness (QED) is 0.920. The number of hydrogen-bond acceptors (Lipinski definition) is 3. The molecule has 3 heterocycles. The summed E-state index contributed by atoms with van der Waals surface area (Å²) < 4.78 is 5.81. The molecule has 0 aliphatic carbocycles. The Morgan fingerprint density at radius 2 is 2.04 bits per heavy atom. The van der Waals surface area contributed by atoms with Gasteiger partial charge in [-0.25, -0.2) is 4.98 Å². The molecule has 0 unspecified atom stereocenters. The summed E-state index contributed by atoms with van der Waals surface area (Å²) in [7, 11) is 0. The van der Waals surface area contributed by atoms with Gasteiger partial charge >= 0.3 is 0 Å². The molecule has 2 aromatic heterocycles. The molecule has 1 saturated heterocycles. The summed E-state index contributed by atoms with van der Waals surface area (Å²) >= 11 is 0. The standard InChI is InChI=1S/C18H25N3O2/c1-12-14(11-15(23-12)18(2,3)4)17(22)21-9-5-13(6-10-21)16-19-7-8-20-16/h7-8,11,13H,5-6,9-10H2,1-4H3,(H,19,20). The Kier molecular flexibility index (Phi) is 4.04. The monoisotopic (exact) mass is 315 g/mol. The van der Waals surface area contributed by atoms with Crippen molar-refractivity contribution in [1.29, 1.82) is 0 Å². The average Bonchev–Trinajstić information content (AvgIpc) is 3.15. The molecule has 5 nitrogen and oxygen atoms in total. The molecule has 3 rings (SSSR count). The Balaban J connectivity index is 1.69. The number of rotatable bonds is 2. The van der Waals surface area contributed by atoms with Gasteiger partial charge in [0.05, 0.1) is 5.56 Å². The Labute approximate surface area is 137 Å². The van der Waals surface area contributed by atoms with Crippen LogP contribution in [-0.2, 0) is 5.41 Å². The van der Waals surface area contributed by atoms with Crippen LogP contribution in [0.25, 0.3) is 0 Å². The van der Waals surface area contributed by atoms with E-state index < -0.39 is 0 Å². The first kappa shape index (κ1) is 15.8. The van der Waals surface area contributed by atoms with Crippen molar-refractivity contribution in [3.05, 3.63) is 41.4 Å². The Morgan fingerprint density at radius 1 is 1.35 bits per heavy atom. The third-order valence-corrected chi connectivity index (χ3v) is 4.58. The molecule has 1 aliphatic heterocycles. The number of aromatic amines is 1. The van der Waals surface area contributed by atoms with Gasteiger partial charge in [-0.2, -0.15) is 0 Å². The topological polar surface area (TPSA) is 62.1 Å². The molecule has 0 spiro atoms. The minimum Gasteiger partial charge on any atom is -0.465 e. The van der Waals surface area contributed by atoms with E-state index in [0.717, 1.165) is 37.5 Å². The van der Waals surface area contributed by atoms with E-state index in [-0.39, 0.29) is 11.3 Å². The van der Waals surface area contributed by atoms with Crippen molar-refractivity contribution < 1.29 is 9.21 Å². The van der Waals surface area contributed by atoms with Crippen molar-refractivity contribution in [2.75, 3.05) is 13.1 Å². The Morgan fingerprint density at radius 3 is 2.57 bits per heavy atom. The first-order valence-electron chi connectivity index (χ1n) is 8.25. The highest BCUT2D eigenvalue weighted by atomic mass is 16.3. The summed E-state index contributed by atoms with van der Waals surface area (Å²) in [5.74, 6) is 3.12. The fourth-order valence-corrected chi connectivity index (χ4v) is 3.09. The van der Waals surface area contributed by atoms with Crippen LogP contribution in [0.2, 0.25) is 0 Å². The maximum absolute atomic E-state index is 12.8. The van der Waals surface area contributed by atoms with Crippen LogP contribution in [0.1, 0.15) is 67.2 Å². The number of aromatic nitrogens is 2. The second-order valence-corrected chi connectivity index (χ2v) is 7.37. The second-order valence-electron chi connectivity index (χ2n) is 7.37. The fraction of sp³-hybridized carbons (Fsp3) is 0.556. The van der Waals surface area contributed by atoms with Gasteiger partial charge in [0.2, 0.25) is 0 Å². The molecule has 1 amide bonds. The molecule has 0 saturated carbocycles. The van der Waals surface area contributed by atoms with Gasteiger partial charge in [0.1, 0.15) is 17.3 Å². The highest BCUT2D eigenvalue weighted by Gasteiger charge is 2.29. The Bertz CT molecular complexity index is 672. The third kappa shape index (κ3) is 3.19. The number of nitrogens with one attached hydrogen (secondary N) is 1. The second kappa shape index (κ2) is 5.87. The van der Waals surface area contributed by atoms with E-state index in [1.807, 2.05) is 24.1 Å². The molecule has 1 fully saturated rings. The van der Waals surface area contributed by atoms with Gasteiger partial charge in [0.15, 0.2) is 0 Å². The number of H-pyrrole nitrogens is 1. The lowest BCUT2D eigenvalue weighted by atomic mass is 9.92. The largest absolute Gasteiger partial charge is 0.465 e. The maximum atomic E-state index is 12.8. The number of aryl methyl sites for hydroxylation is 1. The van der Waals surface area contributed by atoms with Crippen LogP contribution in [0.5, 0.6) is 0 Å². The SMILES string of the molecule is Cc1oc(C(C)(C)C)cc1C(=O)N1CCC(c2ncc[nH]2)CC1. The van der Waals surface area contributed by atoms with Crippen LogP contribution in [0, 0.1) is 6.92 Å². The summed E-state index contributed by atoms with van der Waals surface area (Å²) in [5.41, 5.74) is 0.613. The molecule has 0 bridgehead atoms. The number of nitrogens with zero attached hydrogens (tertiary/aromatic N) is 2. The predicted molar refractivity (Wildman–Crippen MR) is 88.6 cm³/mol. The summed E-state index contributed by atoms with van der Waals surface area (Å²) in [6.07, 6.45) is 5.54. The zero-order valence-electron chi connectivity index (χ0n) is 14.3. The van der Waals surface area contributed by atoms with Crippen molar-refractivity contribution >= 4 is 5.91 Å². The zero-order chi connectivity index (χ0) is 16.6. The lowest BCUT2D eigenvalue weighted by molar-refractivity contribution is 0.0709. The first-order chi connectivity index (χ1) is 10.9. The number of amides is 1. The Hall–Kier alpha value is -2.04. The van der Waals surface area contributed by atoms with E-state index in [9.17, 15) is 4.79 Å². The molecule has 5 heteroatoms. The molecule has 0 atom stereocenters. The minimum atomic E-state index is -0.0877. The lowest BCUT2D eigenvalue weighted by Crippen LogP contribution is -2.38. The van der Waals surface area contributed by atoms with E-state index in [4.69, 9.17) is 4.42 Å². The molecule has 2 aromatic rings. The third-order valence-electron chi connectivity index (χ3n) is 4.58. The van der Waals surface area contributed by atoms with Gasteiger partial charge in [-0.15, -0.1) is 0 Å².